The first kappa shape index (κ1) is 18.5. The fourth-order valence-electron chi connectivity index (χ4n) is 3.56. The van der Waals surface area contributed by atoms with Crippen molar-refractivity contribution in [3.8, 4) is 0 Å². The van der Waals surface area contributed by atoms with Gasteiger partial charge in [0.15, 0.2) is 0 Å². The zero-order valence-corrected chi connectivity index (χ0v) is 15.8. The number of nitrogens with one attached hydrogen (secondary N) is 2. The van der Waals surface area contributed by atoms with E-state index in [1.807, 2.05) is 13.8 Å². The lowest BCUT2D eigenvalue weighted by Gasteiger charge is -2.35. The highest BCUT2D eigenvalue weighted by Gasteiger charge is 2.22. The Bertz CT molecular complexity index is 737. The summed E-state index contributed by atoms with van der Waals surface area (Å²) in [5, 5.41) is 9.82. The summed E-state index contributed by atoms with van der Waals surface area (Å²) in [7, 11) is 0. The van der Waals surface area contributed by atoms with Crippen molar-refractivity contribution in [2.45, 2.75) is 52.7 Å². The maximum Gasteiger partial charge on any atom is 0.315 e. The van der Waals surface area contributed by atoms with Crippen molar-refractivity contribution < 1.29 is 9.32 Å². The zero-order valence-electron chi connectivity index (χ0n) is 15.8. The van der Waals surface area contributed by atoms with Crippen LogP contribution in [0.5, 0.6) is 0 Å². The molecule has 2 heterocycles. The van der Waals surface area contributed by atoms with Crippen LogP contribution >= 0.6 is 0 Å². The summed E-state index contributed by atoms with van der Waals surface area (Å²) in [5.41, 5.74) is 4.62. The molecular weight excluding hydrogens is 328 g/mol. The fourth-order valence-corrected chi connectivity index (χ4v) is 3.56. The molecule has 1 aromatic carbocycles. The lowest BCUT2D eigenvalue weighted by atomic mass is 9.98. The van der Waals surface area contributed by atoms with Gasteiger partial charge in [0.25, 0.3) is 0 Å². The fraction of sp³-hybridized carbons (Fsp3) is 0.500. The van der Waals surface area contributed by atoms with E-state index in [-0.39, 0.29) is 6.03 Å². The molecular formula is C20H28N4O2. The second-order valence-electron chi connectivity index (χ2n) is 6.92. The van der Waals surface area contributed by atoms with Crippen LogP contribution in [0.4, 0.5) is 4.79 Å². The molecule has 2 amide bonds. The monoisotopic (exact) mass is 356 g/mol. The number of aryl methyl sites for hydroxylation is 2. The van der Waals surface area contributed by atoms with Crippen molar-refractivity contribution >= 4 is 6.03 Å². The molecule has 6 nitrogen and oxygen atoms in total. The number of benzene rings is 1. The minimum absolute atomic E-state index is 0.152. The van der Waals surface area contributed by atoms with E-state index in [9.17, 15) is 4.79 Å². The topological polar surface area (TPSA) is 70.4 Å². The smallest absolute Gasteiger partial charge is 0.315 e. The van der Waals surface area contributed by atoms with E-state index in [0.29, 0.717) is 19.1 Å². The van der Waals surface area contributed by atoms with Gasteiger partial charge < -0.3 is 15.2 Å². The van der Waals surface area contributed by atoms with Gasteiger partial charge in [0, 0.05) is 37.8 Å². The van der Waals surface area contributed by atoms with E-state index in [1.54, 1.807) is 0 Å². The number of urea groups is 1. The number of carbonyl (C=O) groups excluding carboxylic acids is 1. The molecule has 0 saturated carbocycles. The summed E-state index contributed by atoms with van der Waals surface area (Å²) in [5.74, 6) is 0.751. The van der Waals surface area contributed by atoms with Crippen LogP contribution in [0.1, 0.15) is 41.5 Å². The van der Waals surface area contributed by atoms with Gasteiger partial charge in [-0.1, -0.05) is 36.3 Å². The van der Waals surface area contributed by atoms with Crippen LogP contribution in [0.2, 0.25) is 0 Å². The highest BCUT2D eigenvalue weighted by molar-refractivity contribution is 5.73. The number of amides is 2. The molecule has 1 aromatic heterocycles. The van der Waals surface area contributed by atoms with Crippen molar-refractivity contribution in [2.24, 2.45) is 0 Å². The summed E-state index contributed by atoms with van der Waals surface area (Å²) in [6, 6.07) is 8.82. The number of rotatable bonds is 6. The van der Waals surface area contributed by atoms with Gasteiger partial charge in [-0.2, -0.15) is 0 Å². The summed E-state index contributed by atoms with van der Waals surface area (Å²) < 4.78 is 5.12. The SMILES string of the molecule is CCC(CNC(=O)NCc1c(C)noc1C)N1CCc2ccccc2C1. The number of nitrogens with zero attached hydrogens (tertiary/aromatic N) is 2. The van der Waals surface area contributed by atoms with E-state index < -0.39 is 0 Å². The van der Waals surface area contributed by atoms with E-state index in [4.69, 9.17) is 4.52 Å². The molecule has 1 aliphatic rings. The molecule has 0 spiro atoms. The van der Waals surface area contributed by atoms with Crippen LogP contribution < -0.4 is 10.6 Å². The van der Waals surface area contributed by atoms with Gasteiger partial charge in [0.2, 0.25) is 0 Å². The maximum atomic E-state index is 12.2. The first-order valence-electron chi connectivity index (χ1n) is 9.32. The highest BCUT2D eigenvalue weighted by Crippen LogP contribution is 2.21. The molecule has 0 aliphatic carbocycles. The van der Waals surface area contributed by atoms with Crippen LogP contribution in [0, 0.1) is 13.8 Å². The normalized spacial score (nSPS) is 15.3. The van der Waals surface area contributed by atoms with E-state index in [0.717, 1.165) is 42.9 Å². The van der Waals surface area contributed by atoms with Crippen molar-refractivity contribution in [3.63, 3.8) is 0 Å². The molecule has 1 atom stereocenters. The Morgan fingerprint density at radius 1 is 1.27 bits per heavy atom. The van der Waals surface area contributed by atoms with Gasteiger partial charge in [-0.3, -0.25) is 4.90 Å². The average molecular weight is 356 g/mol. The molecule has 26 heavy (non-hydrogen) atoms. The van der Waals surface area contributed by atoms with Crippen LogP contribution in [-0.4, -0.2) is 35.2 Å². The van der Waals surface area contributed by atoms with Crippen LogP contribution in [-0.2, 0) is 19.5 Å². The molecule has 0 fully saturated rings. The lowest BCUT2D eigenvalue weighted by molar-refractivity contribution is 0.169. The Kier molecular flexibility index (Phi) is 5.93. The second-order valence-corrected chi connectivity index (χ2v) is 6.92. The predicted octanol–water partition coefficient (Wildman–Crippen LogP) is 2.93. The summed E-state index contributed by atoms with van der Waals surface area (Å²) in [6.07, 6.45) is 2.08. The summed E-state index contributed by atoms with van der Waals surface area (Å²) in [6.45, 7) is 8.99. The molecule has 0 radical (unpaired) electrons. The average Bonchev–Trinajstić information content (AvgIpc) is 2.98. The first-order valence-corrected chi connectivity index (χ1v) is 9.32. The number of hydrogen-bond donors (Lipinski definition) is 2. The van der Waals surface area contributed by atoms with Gasteiger partial charge in [0.05, 0.1) is 5.69 Å². The molecule has 1 aliphatic heterocycles. The van der Waals surface area contributed by atoms with Crippen molar-refractivity contribution in [2.75, 3.05) is 13.1 Å². The van der Waals surface area contributed by atoms with E-state index >= 15 is 0 Å². The Balaban J connectivity index is 1.49. The second kappa shape index (κ2) is 8.36. The minimum Gasteiger partial charge on any atom is -0.361 e. The molecule has 1 unspecified atom stereocenters. The largest absolute Gasteiger partial charge is 0.361 e. The number of carbonyl (C=O) groups is 1. The van der Waals surface area contributed by atoms with Crippen molar-refractivity contribution in [3.05, 3.63) is 52.4 Å². The van der Waals surface area contributed by atoms with Gasteiger partial charge in [-0.05, 0) is 37.8 Å². The Labute approximate surface area is 154 Å². The third-order valence-corrected chi connectivity index (χ3v) is 5.25. The van der Waals surface area contributed by atoms with Gasteiger partial charge in [-0.15, -0.1) is 0 Å². The molecule has 2 N–H and O–H groups in total. The maximum absolute atomic E-state index is 12.2. The number of fused-ring (bicyclic) bond motifs is 1. The van der Waals surface area contributed by atoms with Gasteiger partial charge in [-0.25, -0.2) is 4.79 Å². The van der Waals surface area contributed by atoms with Crippen molar-refractivity contribution in [1.82, 2.24) is 20.7 Å². The number of aromatic nitrogens is 1. The third-order valence-electron chi connectivity index (χ3n) is 5.25. The Morgan fingerprint density at radius 2 is 2.04 bits per heavy atom. The lowest BCUT2D eigenvalue weighted by Crippen LogP contribution is -2.47. The summed E-state index contributed by atoms with van der Waals surface area (Å²) in [4.78, 5) is 14.6. The molecule has 3 rings (SSSR count). The van der Waals surface area contributed by atoms with Crippen LogP contribution in [0.15, 0.2) is 28.8 Å². The molecule has 6 heteroatoms. The van der Waals surface area contributed by atoms with Crippen molar-refractivity contribution in [1.29, 1.82) is 0 Å². The molecule has 2 aromatic rings. The summed E-state index contributed by atoms with van der Waals surface area (Å²) >= 11 is 0. The molecule has 140 valence electrons. The standard InChI is InChI=1S/C20H28N4O2/c1-4-18(24-10-9-16-7-5-6-8-17(16)13-24)11-21-20(25)22-12-19-14(2)23-26-15(19)3/h5-8,18H,4,9-13H2,1-3H3,(H2,21,22,25). The van der Waals surface area contributed by atoms with Crippen LogP contribution in [0.3, 0.4) is 0 Å². The highest BCUT2D eigenvalue weighted by atomic mass is 16.5. The number of hydrogen-bond acceptors (Lipinski definition) is 4. The van der Waals surface area contributed by atoms with Crippen LogP contribution in [0.25, 0.3) is 0 Å². The zero-order chi connectivity index (χ0) is 18.5. The molecule has 0 saturated heterocycles. The van der Waals surface area contributed by atoms with E-state index in [1.165, 1.54) is 11.1 Å². The quantitative estimate of drug-likeness (QED) is 0.835. The first-order chi connectivity index (χ1) is 12.6. The Hall–Kier alpha value is -2.34. The van der Waals surface area contributed by atoms with Gasteiger partial charge in [0.1, 0.15) is 5.76 Å². The van der Waals surface area contributed by atoms with Gasteiger partial charge >= 0.3 is 6.03 Å². The minimum atomic E-state index is -0.152. The predicted molar refractivity (Wildman–Crippen MR) is 101 cm³/mol. The Morgan fingerprint density at radius 3 is 2.73 bits per heavy atom. The van der Waals surface area contributed by atoms with E-state index in [2.05, 4.69) is 51.9 Å². The third kappa shape index (κ3) is 4.25. The molecule has 0 bridgehead atoms.